The van der Waals surface area contributed by atoms with Crippen LogP contribution in [0.4, 0.5) is 11.4 Å². The fourth-order valence-corrected chi connectivity index (χ4v) is 13.1. The van der Waals surface area contributed by atoms with Crippen molar-refractivity contribution in [2.75, 3.05) is 5.32 Å². The number of aromatic nitrogens is 1. The van der Waals surface area contributed by atoms with Gasteiger partial charge in [0.2, 0.25) is 0 Å². The predicted octanol–water partition coefficient (Wildman–Crippen LogP) is 16.0. The minimum Gasteiger partial charge on any atom is -0.456 e. The van der Waals surface area contributed by atoms with Gasteiger partial charge >= 0.3 is 0 Å². The molecule has 4 nitrogen and oxygen atoms in total. The number of para-hydroxylation sites is 2. The highest BCUT2D eigenvalue weighted by molar-refractivity contribution is 6.74. The molecule has 14 rings (SSSR count). The number of aryl methyl sites for hydroxylation is 1. The molecule has 5 heteroatoms. The molecule has 0 saturated carbocycles. The van der Waals surface area contributed by atoms with Crippen molar-refractivity contribution in [3.8, 4) is 27.9 Å². The first-order chi connectivity index (χ1) is 32.9. The smallest absolute Gasteiger partial charge is 0.198 e. The highest BCUT2D eigenvalue weighted by atomic mass is 16.3. The summed E-state index contributed by atoms with van der Waals surface area (Å²) < 4.78 is 15.8. The molecular weight excluding hydrogens is 840 g/mol. The Bertz CT molecular complexity index is 4090. The van der Waals surface area contributed by atoms with Gasteiger partial charge in [0.1, 0.15) is 22.3 Å². The molecule has 0 atom stereocenters. The van der Waals surface area contributed by atoms with E-state index in [-0.39, 0.29) is 21.7 Å². The first kappa shape index (κ1) is 41.0. The fourth-order valence-electron chi connectivity index (χ4n) is 13.1. The largest absolute Gasteiger partial charge is 0.456 e. The van der Waals surface area contributed by atoms with Gasteiger partial charge < -0.3 is 18.7 Å². The third-order valence-electron chi connectivity index (χ3n) is 17.1. The van der Waals surface area contributed by atoms with Crippen LogP contribution >= 0.6 is 0 Å². The molecule has 1 aliphatic heterocycles. The molecule has 11 aromatic rings. The Morgan fingerprint density at radius 1 is 0.551 bits per heavy atom. The Kier molecular flexibility index (Phi) is 7.98. The summed E-state index contributed by atoms with van der Waals surface area (Å²) in [5.74, 6) is 0. The quantitative estimate of drug-likeness (QED) is 0.180. The lowest BCUT2D eigenvalue weighted by Gasteiger charge is -2.42. The number of nitrogens with one attached hydrogen (secondary N) is 1. The molecule has 338 valence electrons. The average molecular weight is 897 g/mol. The van der Waals surface area contributed by atoms with Gasteiger partial charge in [-0.15, -0.1) is 0 Å². The van der Waals surface area contributed by atoms with Gasteiger partial charge in [-0.3, -0.25) is 0 Å². The maximum atomic E-state index is 6.64. The molecule has 3 aromatic heterocycles. The normalized spacial score (nSPS) is 16.3. The summed E-state index contributed by atoms with van der Waals surface area (Å²) in [5.41, 5.74) is 25.8. The highest BCUT2D eigenvalue weighted by Gasteiger charge is 2.43. The number of furan rings is 2. The zero-order chi connectivity index (χ0) is 47.3. The van der Waals surface area contributed by atoms with E-state index in [0.29, 0.717) is 0 Å². The van der Waals surface area contributed by atoms with Gasteiger partial charge in [-0.1, -0.05) is 128 Å². The second kappa shape index (κ2) is 13.4. The standard InChI is InChI=1S/C64H57BN2O2/c1-34-25-44(41-26-39-40-28-48-49(63(7,8)24-23-62(48,5)6)30-46(40)64(9,10)47(39)31-51(41)66-36-21-19-35(20-22-36)61(2,3)4)59-60-58(34)45-27-42-37-15-11-13-17-54(37)69-57(42)33-52(45)67(60)53-29-43-38-16-12-14-18-55(38)68-56(43)32-50(53)65-59/h11-22,25-33,65-66H,23-24H2,1-10H3. The van der Waals surface area contributed by atoms with Gasteiger partial charge in [0.25, 0.3) is 0 Å². The van der Waals surface area contributed by atoms with Crippen molar-refractivity contribution in [2.45, 2.75) is 104 Å². The van der Waals surface area contributed by atoms with Gasteiger partial charge in [0.15, 0.2) is 7.28 Å². The molecule has 0 spiro atoms. The number of hydrogen-bond donors (Lipinski definition) is 1. The molecule has 0 bridgehead atoms. The van der Waals surface area contributed by atoms with E-state index in [4.69, 9.17) is 8.83 Å². The van der Waals surface area contributed by atoms with E-state index in [0.717, 1.165) is 68.0 Å². The third kappa shape index (κ3) is 5.65. The van der Waals surface area contributed by atoms with Gasteiger partial charge in [0, 0.05) is 71.9 Å². The Morgan fingerprint density at radius 2 is 1.16 bits per heavy atom. The molecule has 8 aromatic carbocycles. The molecule has 0 saturated heterocycles. The SMILES string of the molecule is Cc1cc(-c2cc3c(cc2Nc2ccc(C(C)(C)C)cc2)C(C)(C)c2cc4c(cc2-3)C(C)(C)CCC4(C)C)c2c3c1c1cc4c(cc1n3-c1cc3c(cc1B2)oc1ccccc13)oc1ccccc14. The first-order valence-corrected chi connectivity index (χ1v) is 25.1. The van der Waals surface area contributed by atoms with Crippen LogP contribution in [0, 0.1) is 6.92 Å². The minimum atomic E-state index is -0.193. The lowest BCUT2D eigenvalue weighted by atomic mass is 9.58. The Hall–Kier alpha value is -6.98. The number of anilines is 2. The summed E-state index contributed by atoms with van der Waals surface area (Å²) in [6.45, 7) is 23.9. The molecule has 1 N–H and O–H groups in total. The molecule has 3 aliphatic rings. The predicted molar refractivity (Wildman–Crippen MR) is 293 cm³/mol. The van der Waals surface area contributed by atoms with Crippen LogP contribution in [0.25, 0.3) is 93.6 Å². The van der Waals surface area contributed by atoms with Crippen LogP contribution in [-0.2, 0) is 21.7 Å². The Morgan fingerprint density at radius 3 is 1.84 bits per heavy atom. The second-order valence-electron chi connectivity index (χ2n) is 23.7. The number of nitrogens with zero attached hydrogens (tertiary/aromatic N) is 1. The molecule has 0 fully saturated rings. The van der Waals surface area contributed by atoms with Crippen molar-refractivity contribution in [1.29, 1.82) is 0 Å². The molecular formula is C64H57BN2O2. The van der Waals surface area contributed by atoms with E-state index in [1.165, 1.54) is 101 Å². The van der Waals surface area contributed by atoms with E-state index in [9.17, 15) is 0 Å². The molecule has 0 unspecified atom stereocenters. The number of benzene rings is 8. The van der Waals surface area contributed by atoms with Crippen molar-refractivity contribution in [3.63, 3.8) is 0 Å². The topological polar surface area (TPSA) is 43.2 Å². The van der Waals surface area contributed by atoms with E-state index < -0.39 is 0 Å². The average Bonchev–Trinajstić information content (AvgIpc) is 4.03. The molecule has 2 aliphatic carbocycles. The summed E-state index contributed by atoms with van der Waals surface area (Å²) in [6.07, 6.45) is 2.38. The first-order valence-electron chi connectivity index (χ1n) is 25.1. The second-order valence-corrected chi connectivity index (χ2v) is 23.7. The molecule has 69 heavy (non-hydrogen) atoms. The van der Waals surface area contributed by atoms with Gasteiger partial charge in [-0.25, -0.2) is 0 Å². The minimum absolute atomic E-state index is 0.0588. The number of fused-ring (bicyclic) bond motifs is 15. The summed E-state index contributed by atoms with van der Waals surface area (Å²) in [7, 11) is 0.763. The van der Waals surface area contributed by atoms with E-state index in [1.807, 2.05) is 0 Å². The summed E-state index contributed by atoms with van der Waals surface area (Å²) in [4.78, 5) is 0. The van der Waals surface area contributed by atoms with Gasteiger partial charge in [-0.05, 0) is 152 Å². The van der Waals surface area contributed by atoms with E-state index >= 15 is 0 Å². The Balaban J connectivity index is 1.08. The lowest BCUT2D eigenvalue weighted by molar-refractivity contribution is 0.331. The van der Waals surface area contributed by atoms with Crippen molar-refractivity contribution in [2.24, 2.45) is 0 Å². The van der Waals surface area contributed by atoms with E-state index in [1.54, 1.807) is 0 Å². The highest BCUT2D eigenvalue weighted by Crippen LogP contribution is 2.56. The monoisotopic (exact) mass is 896 g/mol. The van der Waals surface area contributed by atoms with E-state index in [2.05, 4.69) is 207 Å². The van der Waals surface area contributed by atoms with Crippen LogP contribution in [0.3, 0.4) is 0 Å². The van der Waals surface area contributed by atoms with Crippen LogP contribution in [0.2, 0.25) is 0 Å². The van der Waals surface area contributed by atoms with Crippen molar-refractivity contribution in [3.05, 3.63) is 161 Å². The van der Waals surface area contributed by atoms with Gasteiger partial charge in [0.05, 0.1) is 5.52 Å². The lowest BCUT2D eigenvalue weighted by Crippen LogP contribution is -2.37. The van der Waals surface area contributed by atoms with Crippen LogP contribution in [-0.4, -0.2) is 11.8 Å². The molecule has 0 amide bonds. The van der Waals surface area contributed by atoms with Crippen LogP contribution in [0.5, 0.6) is 0 Å². The van der Waals surface area contributed by atoms with Crippen molar-refractivity contribution >= 4 is 95.3 Å². The zero-order valence-electron chi connectivity index (χ0n) is 41.5. The maximum absolute atomic E-state index is 6.64. The molecule has 4 heterocycles. The van der Waals surface area contributed by atoms with Crippen LogP contribution in [0.1, 0.15) is 109 Å². The number of rotatable bonds is 3. The third-order valence-corrected chi connectivity index (χ3v) is 17.1. The summed E-state index contributed by atoms with van der Waals surface area (Å²) in [6, 6.07) is 48.2. The zero-order valence-corrected chi connectivity index (χ0v) is 41.5. The van der Waals surface area contributed by atoms with Crippen molar-refractivity contribution < 1.29 is 8.83 Å². The Labute approximate surface area is 404 Å². The van der Waals surface area contributed by atoms with Gasteiger partial charge in [-0.2, -0.15) is 0 Å². The summed E-state index contributed by atoms with van der Waals surface area (Å²) in [5, 5.41) is 11.2. The maximum Gasteiger partial charge on any atom is 0.198 e. The summed E-state index contributed by atoms with van der Waals surface area (Å²) >= 11 is 0. The van der Waals surface area contributed by atoms with Crippen LogP contribution < -0.4 is 16.2 Å². The van der Waals surface area contributed by atoms with Crippen LogP contribution in [0.15, 0.2) is 136 Å². The van der Waals surface area contributed by atoms with Crippen molar-refractivity contribution in [1.82, 2.24) is 4.57 Å². The fraction of sp³-hybridized carbons (Fsp3) is 0.250. The number of hydrogen-bond acceptors (Lipinski definition) is 3. The molecule has 0 radical (unpaired) electrons.